The highest BCUT2D eigenvalue weighted by Gasteiger charge is 2.41. The molecule has 0 bridgehead atoms. The summed E-state index contributed by atoms with van der Waals surface area (Å²) in [6.45, 7) is 6.24. The first-order valence-corrected chi connectivity index (χ1v) is 10.7. The molecule has 8 heteroatoms. The normalized spacial score (nSPS) is 15.1. The molecule has 2 aromatic rings. The Morgan fingerprint density at radius 2 is 1.72 bits per heavy atom. The smallest absolute Gasteiger partial charge is 0.269 e. The Balaban J connectivity index is 1.49. The van der Waals surface area contributed by atoms with Crippen LogP contribution in [-0.2, 0) is 20.2 Å². The zero-order chi connectivity index (χ0) is 21.2. The van der Waals surface area contributed by atoms with Gasteiger partial charge in [-0.2, -0.15) is 0 Å². The fourth-order valence-corrected chi connectivity index (χ4v) is 4.51. The van der Waals surface area contributed by atoms with Gasteiger partial charge in [-0.25, -0.2) is 12.7 Å². The number of carbonyl (C=O) groups excluding carboxylic acids is 2. The lowest BCUT2D eigenvalue weighted by Crippen LogP contribution is -2.41. The van der Waals surface area contributed by atoms with Gasteiger partial charge < -0.3 is 10.1 Å². The van der Waals surface area contributed by atoms with Crippen molar-refractivity contribution in [3.8, 4) is 5.75 Å². The van der Waals surface area contributed by atoms with Crippen LogP contribution in [0, 0.1) is 0 Å². The van der Waals surface area contributed by atoms with Gasteiger partial charge in [0.15, 0.2) is 0 Å². The molecule has 0 fully saturated rings. The topological polar surface area (TPSA) is 92.8 Å². The first kappa shape index (κ1) is 20.9. The molecule has 2 aromatic carbocycles. The molecule has 0 saturated carbocycles. The van der Waals surface area contributed by atoms with Gasteiger partial charge in [-0.1, -0.05) is 45.0 Å². The van der Waals surface area contributed by atoms with Crippen molar-refractivity contribution in [1.82, 2.24) is 9.62 Å². The highest BCUT2D eigenvalue weighted by atomic mass is 32.2. The molecule has 0 aliphatic carbocycles. The molecule has 0 spiro atoms. The van der Waals surface area contributed by atoms with E-state index in [1.165, 1.54) is 17.7 Å². The molecule has 0 radical (unpaired) electrons. The van der Waals surface area contributed by atoms with Gasteiger partial charge in [-0.3, -0.25) is 9.59 Å². The molecule has 0 saturated heterocycles. The summed E-state index contributed by atoms with van der Waals surface area (Å²) in [5.41, 5.74) is 1.33. The quantitative estimate of drug-likeness (QED) is 0.730. The van der Waals surface area contributed by atoms with Gasteiger partial charge in [0.2, 0.25) is 5.91 Å². The summed E-state index contributed by atoms with van der Waals surface area (Å²) < 4.78 is 31.1. The summed E-state index contributed by atoms with van der Waals surface area (Å²) >= 11 is 0. The highest BCUT2D eigenvalue weighted by Crippen LogP contribution is 2.29. The van der Waals surface area contributed by atoms with Gasteiger partial charge in [-0.05, 0) is 35.2 Å². The molecule has 2 amide bonds. The van der Waals surface area contributed by atoms with Gasteiger partial charge in [0.05, 0.1) is 12.1 Å². The van der Waals surface area contributed by atoms with Crippen molar-refractivity contribution in [2.75, 3.05) is 19.7 Å². The van der Waals surface area contributed by atoms with Gasteiger partial charge in [-0.15, -0.1) is 0 Å². The summed E-state index contributed by atoms with van der Waals surface area (Å²) in [4.78, 5) is 24.4. The summed E-state index contributed by atoms with van der Waals surface area (Å²) in [5, 5.41) is 2.58. The largest absolute Gasteiger partial charge is 0.492 e. The second-order valence-electron chi connectivity index (χ2n) is 7.79. The Bertz CT molecular complexity index is 1020. The van der Waals surface area contributed by atoms with Crippen LogP contribution in [0.25, 0.3) is 0 Å². The van der Waals surface area contributed by atoms with Gasteiger partial charge >= 0.3 is 0 Å². The minimum absolute atomic E-state index is 0.0551. The van der Waals surface area contributed by atoms with E-state index in [9.17, 15) is 18.0 Å². The molecule has 1 aliphatic heterocycles. The highest BCUT2D eigenvalue weighted by molar-refractivity contribution is 7.90. The predicted molar refractivity (Wildman–Crippen MR) is 108 cm³/mol. The maximum atomic E-state index is 12.4. The lowest BCUT2D eigenvalue weighted by Gasteiger charge is -2.19. The number of carbonyl (C=O) groups is 2. The van der Waals surface area contributed by atoms with Crippen LogP contribution in [0.15, 0.2) is 53.4 Å². The van der Waals surface area contributed by atoms with E-state index in [1.807, 2.05) is 24.3 Å². The van der Waals surface area contributed by atoms with Crippen molar-refractivity contribution in [3.63, 3.8) is 0 Å². The molecule has 3 rings (SSSR count). The molecule has 1 aliphatic rings. The van der Waals surface area contributed by atoms with E-state index < -0.39 is 28.4 Å². The van der Waals surface area contributed by atoms with Crippen molar-refractivity contribution in [1.29, 1.82) is 0 Å². The van der Waals surface area contributed by atoms with Gasteiger partial charge in [0.25, 0.3) is 15.9 Å². The fraction of sp³-hybridized carbons (Fsp3) is 0.333. The Hall–Kier alpha value is -2.87. The average Bonchev–Trinajstić information content (AvgIpc) is 2.86. The predicted octanol–water partition coefficient (Wildman–Crippen LogP) is 2.32. The molecule has 0 aromatic heterocycles. The number of nitrogens with one attached hydrogen (secondary N) is 1. The molecule has 1 heterocycles. The Morgan fingerprint density at radius 1 is 1.07 bits per heavy atom. The molecule has 0 unspecified atom stereocenters. The van der Waals surface area contributed by atoms with Crippen LogP contribution in [-0.4, -0.2) is 44.2 Å². The molecule has 7 nitrogen and oxygen atoms in total. The number of hydrogen-bond acceptors (Lipinski definition) is 5. The van der Waals surface area contributed by atoms with E-state index in [-0.39, 0.29) is 29.0 Å². The fourth-order valence-electron chi connectivity index (χ4n) is 2.98. The molecular formula is C21H24N2O5S. The summed E-state index contributed by atoms with van der Waals surface area (Å²) in [7, 11) is -3.99. The second kappa shape index (κ2) is 7.87. The van der Waals surface area contributed by atoms with Crippen LogP contribution >= 0.6 is 0 Å². The van der Waals surface area contributed by atoms with Crippen molar-refractivity contribution in [3.05, 3.63) is 59.7 Å². The minimum atomic E-state index is -3.99. The Morgan fingerprint density at radius 3 is 2.34 bits per heavy atom. The number of amides is 2. The van der Waals surface area contributed by atoms with Crippen LogP contribution < -0.4 is 10.1 Å². The first-order valence-electron chi connectivity index (χ1n) is 9.27. The molecule has 0 atom stereocenters. The molecule has 1 N–H and O–H groups in total. The molecule has 154 valence electrons. The maximum Gasteiger partial charge on any atom is 0.269 e. The zero-order valence-corrected chi connectivity index (χ0v) is 17.5. The molecule has 29 heavy (non-hydrogen) atoms. The van der Waals surface area contributed by atoms with E-state index >= 15 is 0 Å². The standard InChI is InChI=1S/C21H24N2O5S/c1-21(2,3)15-8-10-16(11-9-15)28-13-12-22-19(24)14-23-20(25)17-6-4-5-7-18(17)29(23,26)27/h4-11H,12-14H2,1-3H3,(H,22,24). The second-order valence-corrected chi connectivity index (χ2v) is 9.62. The number of ether oxygens (including phenoxy) is 1. The Labute approximate surface area is 170 Å². The van der Waals surface area contributed by atoms with Crippen molar-refractivity contribution in [2.45, 2.75) is 31.1 Å². The van der Waals surface area contributed by atoms with Gasteiger partial charge in [0.1, 0.15) is 23.8 Å². The number of fused-ring (bicyclic) bond motifs is 1. The van der Waals surface area contributed by atoms with Crippen molar-refractivity contribution < 1.29 is 22.7 Å². The molecular weight excluding hydrogens is 392 g/mol. The summed E-state index contributed by atoms with van der Waals surface area (Å²) in [5.74, 6) is -0.577. The third-order valence-corrected chi connectivity index (χ3v) is 6.40. The first-order chi connectivity index (χ1) is 13.6. The minimum Gasteiger partial charge on any atom is -0.492 e. The van der Waals surface area contributed by atoms with Gasteiger partial charge in [0, 0.05) is 0 Å². The number of rotatable bonds is 6. The zero-order valence-electron chi connectivity index (χ0n) is 16.6. The van der Waals surface area contributed by atoms with Crippen molar-refractivity contribution in [2.24, 2.45) is 0 Å². The van der Waals surface area contributed by atoms with E-state index in [0.717, 1.165) is 0 Å². The number of hydrogen-bond donors (Lipinski definition) is 1. The lowest BCUT2D eigenvalue weighted by atomic mass is 9.87. The van der Waals surface area contributed by atoms with Crippen LogP contribution in [0.3, 0.4) is 0 Å². The number of nitrogens with zero attached hydrogens (tertiary/aromatic N) is 1. The SMILES string of the molecule is CC(C)(C)c1ccc(OCCNC(=O)CN2C(=O)c3ccccc3S2(=O)=O)cc1. The monoisotopic (exact) mass is 416 g/mol. The van der Waals surface area contributed by atoms with Crippen LogP contribution in [0.1, 0.15) is 36.7 Å². The lowest BCUT2D eigenvalue weighted by molar-refractivity contribution is -0.121. The van der Waals surface area contributed by atoms with Crippen LogP contribution in [0.4, 0.5) is 0 Å². The third-order valence-electron chi connectivity index (χ3n) is 4.61. The van der Waals surface area contributed by atoms with E-state index in [4.69, 9.17) is 4.74 Å². The summed E-state index contributed by atoms with van der Waals surface area (Å²) in [6, 6.07) is 13.7. The van der Waals surface area contributed by atoms with Crippen LogP contribution in [0.5, 0.6) is 5.75 Å². The van der Waals surface area contributed by atoms with Crippen LogP contribution in [0.2, 0.25) is 0 Å². The third kappa shape index (κ3) is 4.42. The number of sulfonamides is 1. The Kier molecular flexibility index (Phi) is 5.66. The summed E-state index contributed by atoms with van der Waals surface area (Å²) in [6.07, 6.45) is 0. The average molecular weight is 416 g/mol. The van der Waals surface area contributed by atoms with E-state index in [0.29, 0.717) is 10.1 Å². The van der Waals surface area contributed by atoms with Crippen molar-refractivity contribution >= 4 is 21.8 Å². The van der Waals surface area contributed by atoms with E-state index in [2.05, 4.69) is 26.1 Å². The number of benzene rings is 2. The maximum absolute atomic E-state index is 12.4. The van der Waals surface area contributed by atoms with E-state index in [1.54, 1.807) is 12.1 Å².